The smallest absolute Gasteiger partial charge is 0.262 e. The highest BCUT2D eigenvalue weighted by Crippen LogP contribution is 2.15. The van der Waals surface area contributed by atoms with E-state index in [1.54, 1.807) is 19.1 Å². The fourth-order valence-corrected chi connectivity index (χ4v) is 2.52. The van der Waals surface area contributed by atoms with Gasteiger partial charge in [-0.15, -0.1) is 0 Å². The Morgan fingerprint density at radius 3 is 2.54 bits per heavy atom. The van der Waals surface area contributed by atoms with E-state index in [0.29, 0.717) is 11.4 Å². The summed E-state index contributed by atoms with van der Waals surface area (Å²) >= 11 is 0. The molecule has 0 aliphatic rings. The number of ether oxygens (including phenoxy) is 1. The van der Waals surface area contributed by atoms with Crippen molar-refractivity contribution in [1.29, 1.82) is 0 Å². The average molecular weight is 353 g/mol. The highest BCUT2D eigenvalue weighted by atomic mass is 16.5. The van der Waals surface area contributed by atoms with Crippen molar-refractivity contribution in [3.63, 3.8) is 0 Å². The van der Waals surface area contributed by atoms with E-state index in [4.69, 9.17) is 9.15 Å². The maximum atomic E-state index is 12.0. The molecule has 0 spiro atoms. The van der Waals surface area contributed by atoms with Gasteiger partial charge in [0.05, 0.1) is 11.4 Å². The van der Waals surface area contributed by atoms with E-state index in [1.165, 1.54) is 12.3 Å². The Kier molecular flexibility index (Phi) is 4.88. The number of nitrogens with one attached hydrogen (secondary N) is 1. The predicted octanol–water partition coefficient (Wildman–Crippen LogP) is 2.77. The van der Waals surface area contributed by atoms with Gasteiger partial charge in [0, 0.05) is 17.4 Å². The number of benzene rings is 1. The minimum absolute atomic E-state index is 0.00521. The Labute approximate surface area is 150 Å². The van der Waals surface area contributed by atoms with Crippen LogP contribution in [0.5, 0.6) is 5.75 Å². The molecule has 7 nitrogen and oxygen atoms in total. The first kappa shape index (κ1) is 17.5. The molecular weight excluding hydrogens is 334 g/mol. The lowest BCUT2D eigenvalue weighted by Gasteiger charge is -2.08. The number of rotatable bonds is 5. The van der Waals surface area contributed by atoms with Crippen LogP contribution in [0, 0.1) is 20.8 Å². The summed E-state index contributed by atoms with van der Waals surface area (Å²) in [7, 11) is 0. The Morgan fingerprint density at radius 1 is 1.19 bits per heavy atom. The van der Waals surface area contributed by atoms with Gasteiger partial charge >= 0.3 is 0 Å². The molecule has 2 aromatic heterocycles. The first-order valence-electron chi connectivity index (χ1n) is 8.08. The number of anilines is 1. The third-order valence-electron chi connectivity index (χ3n) is 3.69. The molecule has 0 saturated heterocycles. The van der Waals surface area contributed by atoms with E-state index < -0.39 is 0 Å². The summed E-state index contributed by atoms with van der Waals surface area (Å²) < 4.78 is 12.1. The van der Waals surface area contributed by atoms with E-state index in [9.17, 15) is 9.59 Å². The highest BCUT2D eigenvalue weighted by molar-refractivity contribution is 5.91. The van der Waals surface area contributed by atoms with Crippen molar-refractivity contribution in [1.82, 2.24) is 9.78 Å². The molecule has 0 atom stereocenters. The van der Waals surface area contributed by atoms with E-state index >= 15 is 0 Å². The van der Waals surface area contributed by atoms with Crippen LogP contribution in [0.1, 0.15) is 17.1 Å². The zero-order chi connectivity index (χ0) is 18.7. The second-order valence-electron chi connectivity index (χ2n) is 5.94. The summed E-state index contributed by atoms with van der Waals surface area (Å²) in [6.07, 6.45) is 1.20. The molecule has 1 aromatic carbocycles. The molecule has 1 N–H and O–H groups in total. The molecule has 3 aromatic rings. The van der Waals surface area contributed by atoms with Gasteiger partial charge in [-0.1, -0.05) is 0 Å². The van der Waals surface area contributed by atoms with Crippen LogP contribution in [0.25, 0.3) is 5.69 Å². The van der Waals surface area contributed by atoms with Crippen molar-refractivity contribution < 1.29 is 13.9 Å². The van der Waals surface area contributed by atoms with E-state index in [0.717, 1.165) is 17.1 Å². The summed E-state index contributed by atoms with van der Waals surface area (Å²) in [6.45, 7) is 5.29. The fraction of sp³-hybridized carbons (Fsp3) is 0.211. The fourth-order valence-electron chi connectivity index (χ4n) is 2.52. The van der Waals surface area contributed by atoms with Gasteiger partial charge in [-0.2, -0.15) is 5.10 Å². The quantitative estimate of drug-likeness (QED) is 0.762. The van der Waals surface area contributed by atoms with Crippen molar-refractivity contribution in [2.75, 3.05) is 11.9 Å². The SMILES string of the molecule is Cc1cc(C)n(-c2ccc(NC(=O)COc3coc(C)cc3=O)cc2)n1. The Balaban J connectivity index is 1.61. The van der Waals surface area contributed by atoms with Gasteiger partial charge < -0.3 is 14.5 Å². The minimum Gasteiger partial charge on any atom is -0.477 e. The van der Waals surface area contributed by atoms with Crippen LogP contribution in [0.2, 0.25) is 0 Å². The number of aromatic nitrogens is 2. The molecule has 2 heterocycles. The Hall–Kier alpha value is -3.35. The number of aryl methyl sites for hydroxylation is 3. The second-order valence-corrected chi connectivity index (χ2v) is 5.94. The van der Waals surface area contributed by atoms with Crippen molar-refractivity contribution in [3.8, 4) is 11.4 Å². The third kappa shape index (κ3) is 4.00. The molecule has 0 radical (unpaired) electrons. The molecule has 7 heteroatoms. The molecule has 0 aliphatic carbocycles. The van der Waals surface area contributed by atoms with Crippen LogP contribution in [0.15, 0.2) is 51.9 Å². The van der Waals surface area contributed by atoms with E-state index in [2.05, 4.69) is 10.4 Å². The molecule has 0 saturated carbocycles. The van der Waals surface area contributed by atoms with E-state index in [1.807, 2.05) is 36.7 Å². The number of nitrogens with zero attached hydrogens (tertiary/aromatic N) is 2. The molecular formula is C19H19N3O4. The largest absolute Gasteiger partial charge is 0.477 e. The van der Waals surface area contributed by atoms with Gasteiger partial charge in [0.2, 0.25) is 11.2 Å². The average Bonchev–Trinajstić information content (AvgIpc) is 2.93. The van der Waals surface area contributed by atoms with Crippen molar-refractivity contribution in [2.24, 2.45) is 0 Å². The molecule has 0 unspecified atom stereocenters. The minimum atomic E-state index is -0.371. The lowest BCUT2D eigenvalue weighted by Crippen LogP contribution is -2.22. The van der Waals surface area contributed by atoms with Crippen LogP contribution in [0.3, 0.4) is 0 Å². The first-order chi connectivity index (χ1) is 12.4. The zero-order valence-corrected chi connectivity index (χ0v) is 14.8. The Bertz CT molecular complexity index is 987. The van der Waals surface area contributed by atoms with Gasteiger partial charge in [0.15, 0.2) is 6.61 Å². The summed E-state index contributed by atoms with van der Waals surface area (Å²) in [5, 5.41) is 7.13. The molecule has 0 aliphatic heterocycles. The second kappa shape index (κ2) is 7.26. The lowest BCUT2D eigenvalue weighted by molar-refractivity contribution is -0.118. The number of carbonyl (C=O) groups is 1. The third-order valence-corrected chi connectivity index (χ3v) is 3.69. The van der Waals surface area contributed by atoms with Gasteiger partial charge in [-0.05, 0) is 51.1 Å². The van der Waals surface area contributed by atoms with Crippen LogP contribution in [-0.4, -0.2) is 22.3 Å². The van der Waals surface area contributed by atoms with Gasteiger partial charge in [-0.25, -0.2) is 4.68 Å². The summed E-state index contributed by atoms with van der Waals surface area (Å²) in [6, 6.07) is 10.6. The standard InChI is InChI=1S/C19H19N3O4/c1-12-8-13(2)22(21-12)16-6-4-15(5-7-16)20-19(24)11-26-18-10-25-14(3)9-17(18)23/h4-10H,11H2,1-3H3,(H,20,24). The van der Waals surface area contributed by atoms with Crippen LogP contribution >= 0.6 is 0 Å². The monoisotopic (exact) mass is 353 g/mol. The maximum absolute atomic E-state index is 12.0. The van der Waals surface area contributed by atoms with Gasteiger partial charge in [0.1, 0.15) is 12.0 Å². The molecule has 3 rings (SSSR count). The van der Waals surface area contributed by atoms with E-state index in [-0.39, 0.29) is 23.7 Å². The first-order valence-corrected chi connectivity index (χ1v) is 8.08. The van der Waals surface area contributed by atoms with Crippen LogP contribution in [0.4, 0.5) is 5.69 Å². The van der Waals surface area contributed by atoms with Crippen LogP contribution in [-0.2, 0) is 4.79 Å². The molecule has 0 fully saturated rings. The molecule has 1 amide bonds. The van der Waals surface area contributed by atoms with Crippen molar-refractivity contribution >= 4 is 11.6 Å². The molecule has 0 bridgehead atoms. The predicted molar refractivity (Wildman–Crippen MR) is 96.9 cm³/mol. The normalized spacial score (nSPS) is 10.6. The molecule has 26 heavy (non-hydrogen) atoms. The Morgan fingerprint density at radius 2 is 1.92 bits per heavy atom. The number of carbonyl (C=O) groups excluding carboxylic acids is 1. The summed E-state index contributed by atoms with van der Waals surface area (Å²) in [5.41, 5.74) is 3.18. The van der Waals surface area contributed by atoms with Crippen molar-refractivity contribution in [2.45, 2.75) is 20.8 Å². The number of amides is 1. The van der Waals surface area contributed by atoms with Gasteiger partial charge in [-0.3, -0.25) is 9.59 Å². The molecule has 134 valence electrons. The number of hydrogen-bond acceptors (Lipinski definition) is 5. The maximum Gasteiger partial charge on any atom is 0.262 e. The summed E-state index contributed by atoms with van der Waals surface area (Å²) in [4.78, 5) is 23.7. The highest BCUT2D eigenvalue weighted by Gasteiger charge is 2.08. The van der Waals surface area contributed by atoms with Gasteiger partial charge in [0.25, 0.3) is 5.91 Å². The zero-order valence-electron chi connectivity index (χ0n) is 14.8. The lowest BCUT2D eigenvalue weighted by atomic mass is 10.2. The van der Waals surface area contributed by atoms with Crippen molar-refractivity contribution in [3.05, 3.63) is 70.0 Å². The number of hydrogen-bond donors (Lipinski definition) is 1. The van der Waals surface area contributed by atoms with Crippen LogP contribution < -0.4 is 15.5 Å². The topological polar surface area (TPSA) is 86.4 Å². The summed E-state index contributed by atoms with van der Waals surface area (Å²) in [5.74, 6) is 0.115.